The van der Waals surface area contributed by atoms with Crippen LogP contribution in [0, 0.1) is 0 Å². The van der Waals surface area contributed by atoms with Crippen molar-refractivity contribution in [3.05, 3.63) is 30.4 Å². The van der Waals surface area contributed by atoms with E-state index in [0.717, 1.165) is 49.9 Å². The fourth-order valence-corrected chi connectivity index (χ4v) is 1.91. The van der Waals surface area contributed by atoms with E-state index in [0.29, 0.717) is 0 Å². The first-order chi connectivity index (χ1) is 9.81. The highest BCUT2D eigenvalue weighted by atomic mass is 15.3. The topological polar surface area (TPSA) is 67.7 Å². The molecule has 0 bridgehead atoms. The fourth-order valence-electron chi connectivity index (χ4n) is 1.91. The highest BCUT2D eigenvalue weighted by Gasteiger charge is 2.02. The van der Waals surface area contributed by atoms with Crippen LogP contribution in [0.15, 0.2) is 24.5 Å². The Balaban J connectivity index is 1.86. The van der Waals surface area contributed by atoms with Crippen molar-refractivity contribution >= 4 is 11.6 Å². The molecular formula is C14H22N6. The molecule has 0 aliphatic rings. The lowest BCUT2D eigenvalue weighted by Gasteiger charge is -2.10. The van der Waals surface area contributed by atoms with Gasteiger partial charge in [0, 0.05) is 44.5 Å². The number of anilines is 2. The molecule has 0 fully saturated rings. The first-order valence-corrected chi connectivity index (χ1v) is 7.15. The van der Waals surface area contributed by atoms with Crippen molar-refractivity contribution in [2.45, 2.75) is 33.2 Å². The summed E-state index contributed by atoms with van der Waals surface area (Å²) in [5.41, 5.74) is 0. The van der Waals surface area contributed by atoms with Gasteiger partial charge in [-0.3, -0.25) is 4.68 Å². The van der Waals surface area contributed by atoms with Crippen molar-refractivity contribution < 1.29 is 0 Å². The van der Waals surface area contributed by atoms with Crippen LogP contribution in [0.5, 0.6) is 0 Å². The summed E-state index contributed by atoms with van der Waals surface area (Å²) >= 11 is 0. The third-order valence-electron chi connectivity index (χ3n) is 2.88. The van der Waals surface area contributed by atoms with Gasteiger partial charge in [0.1, 0.15) is 17.5 Å². The van der Waals surface area contributed by atoms with Gasteiger partial charge in [0.25, 0.3) is 0 Å². The van der Waals surface area contributed by atoms with Crippen LogP contribution < -0.4 is 10.6 Å². The zero-order valence-electron chi connectivity index (χ0n) is 12.1. The monoisotopic (exact) mass is 274 g/mol. The summed E-state index contributed by atoms with van der Waals surface area (Å²) in [5, 5.41) is 10.8. The predicted molar refractivity (Wildman–Crippen MR) is 80.9 cm³/mol. The molecule has 2 N–H and O–H groups in total. The number of nitrogens with zero attached hydrogens (tertiary/aromatic N) is 4. The van der Waals surface area contributed by atoms with E-state index < -0.39 is 0 Å². The lowest BCUT2D eigenvalue weighted by atomic mass is 10.4. The van der Waals surface area contributed by atoms with E-state index in [2.05, 4.69) is 39.5 Å². The van der Waals surface area contributed by atoms with Crippen LogP contribution in [0.2, 0.25) is 0 Å². The Morgan fingerprint density at radius 1 is 1.15 bits per heavy atom. The smallest absolute Gasteiger partial charge is 0.132 e. The number of hydrogen-bond acceptors (Lipinski definition) is 5. The lowest BCUT2D eigenvalue weighted by molar-refractivity contribution is 0.591. The van der Waals surface area contributed by atoms with Gasteiger partial charge in [-0.05, 0) is 19.4 Å². The van der Waals surface area contributed by atoms with E-state index >= 15 is 0 Å². The molecule has 0 aliphatic carbocycles. The zero-order valence-corrected chi connectivity index (χ0v) is 12.1. The second kappa shape index (κ2) is 7.47. The van der Waals surface area contributed by atoms with Crippen LogP contribution in [-0.2, 0) is 13.0 Å². The van der Waals surface area contributed by atoms with Crippen LogP contribution in [0.3, 0.4) is 0 Å². The summed E-state index contributed by atoms with van der Waals surface area (Å²) < 4.78 is 1.93. The molecule has 6 nitrogen and oxygen atoms in total. The van der Waals surface area contributed by atoms with Crippen LogP contribution in [0.1, 0.15) is 26.1 Å². The van der Waals surface area contributed by atoms with E-state index in [4.69, 9.17) is 0 Å². The summed E-state index contributed by atoms with van der Waals surface area (Å²) in [6, 6.07) is 3.89. The molecule has 0 amide bonds. The van der Waals surface area contributed by atoms with Gasteiger partial charge in [-0.1, -0.05) is 6.92 Å². The van der Waals surface area contributed by atoms with Crippen molar-refractivity contribution in [2.75, 3.05) is 23.7 Å². The number of aryl methyl sites for hydroxylation is 2. The van der Waals surface area contributed by atoms with E-state index in [1.165, 1.54) is 0 Å². The Morgan fingerprint density at radius 2 is 1.95 bits per heavy atom. The van der Waals surface area contributed by atoms with Gasteiger partial charge in [0.2, 0.25) is 0 Å². The molecule has 0 saturated carbocycles. The summed E-state index contributed by atoms with van der Waals surface area (Å²) in [7, 11) is 0. The van der Waals surface area contributed by atoms with Crippen molar-refractivity contribution in [3.8, 4) is 0 Å². The zero-order chi connectivity index (χ0) is 14.2. The Morgan fingerprint density at radius 3 is 2.60 bits per heavy atom. The Hall–Kier alpha value is -2.11. The molecule has 0 spiro atoms. The minimum Gasteiger partial charge on any atom is -0.370 e. The molecule has 0 radical (unpaired) electrons. The van der Waals surface area contributed by atoms with E-state index in [1.807, 2.05) is 23.0 Å². The van der Waals surface area contributed by atoms with Crippen LogP contribution in [0.25, 0.3) is 0 Å². The maximum atomic E-state index is 4.48. The molecule has 0 atom stereocenters. The van der Waals surface area contributed by atoms with Gasteiger partial charge in [0.05, 0.1) is 0 Å². The number of rotatable bonds is 8. The summed E-state index contributed by atoms with van der Waals surface area (Å²) in [6.45, 7) is 6.76. The van der Waals surface area contributed by atoms with Gasteiger partial charge in [-0.25, -0.2) is 9.97 Å². The minimum atomic E-state index is 0.835. The molecule has 20 heavy (non-hydrogen) atoms. The molecular weight excluding hydrogens is 252 g/mol. The van der Waals surface area contributed by atoms with Crippen molar-refractivity contribution in [1.29, 1.82) is 0 Å². The molecule has 0 aromatic carbocycles. The van der Waals surface area contributed by atoms with Crippen LogP contribution >= 0.6 is 0 Å². The molecule has 108 valence electrons. The molecule has 0 unspecified atom stereocenters. The molecule has 0 saturated heterocycles. The Kier molecular flexibility index (Phi) is 5.34. The third kappa shape index (κ3) is 4.22. The maximum absolute atomic E-state index is 4.48. The molecule has 0 aliphatic heterocycles. The second-order valence-corrected chi connectivity index (χ2v) is 4.49. The van der Waals surface area contributed by atoms with Gasteiger partial charge < -0.3 is 10.6 Å². The Labute approximate surface area is 119 Å². The summed E-state index contributed by atoms with van der Waals surface area (Å²) in [5.74, 6) is 2.63. The van der Waals surface area contributed by atoms with Gasteiger partial charge in [0.15, 0.2) is 0 Å². The molecule has 2 heterocycles. The van der Waals surface area contributed by atoms with Crippen molar-refractivity contribution in [3.63, 3.8) is 0 Å². The van der Waals surface area contributed by atoms with Crippen molar-refractivity contribution in [1.82, 2.24) is 19.7 Å². The highest BCUT2D eigenvalue weighted by Crippen LogP contribution is 2.11. The average Bonchev–Trinajstić information content (AvgIpc) is 2.97. The first kappa shape index (κ1) is 14.3. The largest absolute Gasteiger partial charge is 0.370 e. The van der Waals surface area contributed by atoms with Crippen LogP contribution in [-0.4, -0.2) is 32.8 Å². The SMILES string of the molecule is CCNc1cc(NCCCn2cccn2)nc(CC)n1. The van der Waals surface area contributed by atoms with Gasteiger partial charge in [-0.2, -0.15) is 5.10 Å². The van der Waals surface area contributed by atoms with Gasteiger partial charge in [-0.15, -0.1) is 0 Å². The van der Waals surface area contributed by atoms with E-state index in [-0.39, 0.29) is 0 Å². The maximum Gasteiger partial charge on any atom is 0.132 e. The summed E-state index contributed by atoms with van der Waals surface area (Å²) in [6.07, 6.45) is 5.61. The van der Waals surface area contributed by atoms with Crippen LogP contribution in [0.4, 0.5) is 11.6 Å². The molecule has 2 rings (SSSR count). The van der Waals surface area contributed by atoms with Crippen molar-refractivity contribution in [2.24, 2.45) is 0 Å². The second-order valence-electron chi connectivity index (χ2n) is 4.49. The molecule has 2 aromatic rings. The standard InChI is InChI=1S/C14H22N6/c1-3-12-18-13(15-4-2)11-14(19-12)16-7-5-9-20-10-6-8-17-20/h6,8,10-11H,3-5,7,9H2,1-2H3,(H2,15,16,18,19). The average molecular weight is 274 g/mol. The lowest BCUT2D eigenvalue weighted by Crippen LogP contribution is -2.10. The highest BCUT2D eigenvalue weighted by molar-refractivity contribution is 5.47. The fraction of sp³-hybridized carbons (Fsp3) is 0.500. The predicted octanol–water partition coefficient (Wildman–Crippen LogP) is 2.17. The normalized spacial score (nSPS) is 10.5. The number of nitrogens with one attached hydrogen (secondary N) is 2. The summed E-state index contributed by atoms with van der Waals surface area (Å²) in [4.78, 5) is 8.92. The number of aromatic nitrogens is 4. The number of hydrogen-bond donors (Lipinski definition) is 2. The molecule has 6 heteroatoms. The van der Waals surface area contributed by atoms with Gasteiger partial charge >= 0.3 is 0 Å². The first-order valence-electron chi connectivity index (χ1n) is 7.15. The van der Waals surface area contributed by atoms with E-state index in [1.54, 1.807) is 6.20 Å². The quantitative estimate of drug-likeness (QED) is 0.722. The minimum absolute atomic E-state index is 0.835. The van der Waals surface area contributed by atoms with E-state index in [9.17, 15) is 0 Å². The Bertz CT molecular complexity index is 508. The third-order valence-corrected chi connectivity index (χ3v) is 2.88. The molecule has 2 aromatic heterocycles.